The summed E-state index contributed by atoms with van der Waals surface area (Å²) in [5.74, 6) is 2.00. The van der Waals surface area contributed by atoms with Crippen LogP contribution in [0.3, 0.4) is 0 Å². The number of amides is 1. The Morgan fingerprint density at radius 2 is 1.88 bits per heavy atom. The average molecular weight is 351 g/mol. The van der Waals surface area contributed by atoms with Crippen LogP contribution in [0.25, 0.3) is 11.6 Å². The molecule has 0 aliphatic carbocycles. The number of ether oxygens (including phenoxy) is 2. The Morgan fingerprint density at radius 1 is 1.12 bits per heavy atom. The molecule has 136 valence electrons. The molecule has 2 aromatic rings. The molecule has 0 N–H and O–H groups in total. The summed E-state index contributed by atoms with van der Waals surface area (Å²) in [4.78, 5) is 14.3. The molecular formula is C22H25NO3. The Balaban J connectivity index is 1.88. The topological polar surface area (TPSA) is 38.8 Å². The van der Waals surface area contributed by atoms with Crippen LogP contribution in [0.2, 0.25) is 0 Å². The first-order valence-corrected chi connectivity index (χ1v) is 8.91. The highest BCUT2D eigenvalue weighted by Crippen LogP contribution is 2.37. The van der Waals surface area contributed by atoms with Crippen molar-refractivity contribution in [3.8, 4) is 11.5 Å². The van der Waals surface area contributed by atoms with Gasteiger partial charge in [-0.15, -0.1) is 0 Å². The van der Waals surface area contributed by atoms with E-state index in [0.717, 1.165) is 29.0 Å². The largest absolute Gasteiger partial charge is 0.493 e. The molecule has 1 aliphatic rings. The minimum absolute atomic E-state index is 0.00225. The van der Waals surface area contributed by atoms with Gasteiger partial charge in [-0.3, -0.25) is 4.79 Å². The van der Waals surface area contributed by atoms with Crippen molar-refractivity contribution in [1.29, 1.82) is 0 Å². The fourth-order valence-electron chi connectivity index (χ4n) is 3.00. The van der Waals surface area contributed by atoms with Gasteiger partial charge >= 0.3 is 0 Å². The number of para-hydroxylation sites is 1. The van der Waals surface area contributed by atoms with E-state index in [2.05, 4.69) is 13.8 Å². The third-order valence-electron chi connectivity index (χ3n) is 4.54. The Kier molecular flexibility index (Phi) is 5.31. The average Bonchev–Trinajstić information content (AvgIpc) is 2.87. The van der Waals surface area contributed by atoms with Crippen molar-refractivity contribution in [2.45, 2.75) is 20.3 Å². The summed E-state index contributed by atoms with van der Waals surface area (Å²) in [6, 6.07) is 13.6. The van der Waals surface area contributed by atoms with E-state index in [1.807, 2.05) is 48.5 Å². The first-order chi connectivity index (χ1) is 12.5. The summed E-state index contributed by atoms with van der Waals surface area (Å²) in [6.45, 7) is 5.00. The van der Waals surface area contributed by atoms with Gasteiger partial charge in [0.05, 0.1) is 19.4 Å². The second-order valence-corrected chi connectivity index (χ2v) is 6.88. The third-order valence-corrected chi connectivity index (χ3v) is 4.54. The molecule has 0 atom stereocenters. The molecule has 0 saturated carbocycles. The van der Waals surface area contributed by atoms with E-state index in [9.17, 15) is 4.79 Å². The number of hydrogen-bond donors (Lipinski definition) is 0. The molecule has 3 rings (SSSR count). The molecular weight excluding hydrogens is 326 g/mol. The van der Waals surface area contributed by atoms with Crippen LogP contribution in [0.15, 0.2) is 42.5 Å². The van der Waals surface area contributed by atoms with Crippen molar-refractivity contribution in [1.82, 2.24) is 0 Å². The van der Waals surface area contributed by atoms with E-state index in [1.165, 1.54) is 0 Å². The van der Waals surface area contributed by atoms with Gasteiger partial charge in [0.1, 0.15) is 0 Å². The normalized spacial score (nSPS) is 14.9. The molecule has 2 aromatic carbocycles. The molecule has 1 amide bonds. The molecule has 1 aliphatic heterocycles. The van der Waals surface area contributed by atoms with Crippen molar-refractivity contribution >= 4 is 23.2 Å². The van der Waals surface area contributed by atoms with Gasteiger partial charge in [0.15, 0.2) is 11.5 Å². The lowest BCUT2D eigenvalue weighted by molar-refractivity contribution is -0.112. The van der Waals surface area contributed by atoms with Gasteiger partial charge in [0.2, 0.25) is 0 Å². The van der Waals surface area contributed by atoms with Crippen LogP contribution in [0, 0.1) is 5.92 Å². The van der Waals surface area contributed by atoms with E-state index in [0.29, 0.717) is 23.8 Å². The predicted octanol–water partition coefficient (Wildman–Crippen LogP) is 4.64. The second-order valence-electron chi connectivity index (χ2n) is 6.88. The summed E-state index contributed by atoms with van der Waals surface area (Å²) in [6.07, 6.45) is 2.90. The Labute approximate surface area is 155 Å². The first-order valence-electron chi connectivity index (χ1n) is 8.91. The fraction of sp³-hybridized carbons (Fsp3) is 0.318. The maximum Gasteiger partial charge on any atom is 0.258 e. The van der Waals surface area contributed by atoms with Crippen LogP contribution < -0.4 is 14.4 Å². The number of benzene rings is 2. The molecule has 0 saturated heterocycles. The standard InChI is InChI=1S/C22H25NO3/c1-15(2)11-12-26-20-10-9-16(14-21(20)25-4)13-18-17-7-5-6-8-19(17)23(3)22(18)24/h5-10,13-15H,11-12H2,1-4H3. The zero-order valence-corrected chi connectivity index (χ0v) is 15.8. The molecule has 4 nitrogen and oxygen atoms in total. The number of likely N-dealkylation sites (N-methyl/N-ethyl adjacent to an activating group) is 1. The van der Waals surface area contributed by atoms with E-state index >= 15 is 0 Å². The summed E-state index contributed by atoms with van der Waals surface area (Å²) in [7, 11) is 3.43. The third kappa shape index (κ3) is 3.59. The quantitative estimate of drug-likeness (QED) is 0.712. The van der Waals surface area contributed by atoms with Gasteiger partial charge in [-0.2, -0.15) is 0 Å². The predicted molar refractivity (Wildman–Crippen MR) is 106 cm³/mol. The minimum Gasteiger partial charge on any atom is -0.493 e. The zero-order valence-electron chi connectivity index (χ0n) is 15.8. The van der Waals surface area contributed by atoms with Crippen LogP contribution in [0.1, 0.15) is 31.4 Å². The van der Waals surface area contributed by atoms with E-state index in [-0.39, 0.29) is 5.91 Å². The molecule has 26 heavy (non-hydrogen) atoms. The van der Waals surface area contributed by atoms with Crippen LogP contribution in [0.5, 0.6) is 11.5 Å². The summed E-state index contributed by atoms with van der Waals surface area (Å²) < 4.78 is 11.3. The van der Waals surface area contributed by atoms with Crippen LogP contribution in [-0.2, 0) is 4.79 Å². The Morgan fingerprint density at radius 3 is 2.62 bits per heavy atom. The number of anilines is 1. The second kappa shape index (κ2) is 7.65. The highest BCUT2D eigenvalue weighted by atomic mass is 16.5. The summed E-state index contributed by atoms with van der Waals surface area (Å²) >= 11 is 0. The van der Waals surface area contributed by atoms with E-state index in [4.69, 9.17) is 9.47 Å². The summed E-state index contributed by atoms with van der Waals surface area (Å²) in [5.41, 5.74) is 3.49. The van der Waals surface area contributed by atoms with Crippen LogP contribution >= 0.6 is 0 Å². The summed E-state index contributed by atoms with van der Waals surface area (Å²) in [5, 5.41) is 0. The SMILES string of the molecule is COc1cc(C=C2C(=O)N(C)c3ccccc32)ccc1OCCC(C)C. The molecule has 1 heterocycles. The highest BCUT2D eigenvalue weighted by Gasteiger charge is 2.29. The molecule has 0 radical (unpaired) electrons. The molecule has 0 bridgehead atoms. The van der Waals surface area contributed by atoms with Crippen molar-refractivity contribution < 1.29 is 14.3 Å². The zero-order chi connectivity index (χ0) is 18.7. The fourth-order valence-corrected chi connectivity index (χ4v) is 3.00. The molecule has 4 heteroatoms. The lowest BCUT2D eigenvalue weighted by Crippen LogP contribution is -2.20. The Bertz CT molecular complexity index is 839. The van der Waals surface area contributed by atoms with Crippen molar-refractivity contribution in [3.05, 3.63) is 53.6 Å². The molecule has 0 unspecified atom stereocenters. The van der Waals surface area contributed by atoms with Crippen LogP contribution in [0.4, 0.5) is 5.69 Å². The minimum atomic E-state index is 0.00225. The maximum atomic E-state index is 12.6. The number of hydrogen-bond acceptors (Lipinski definition) is 3. The smallest absolute Gasteiger partial charge is 0.258 e. The van der Waals surface area contributed by atoms with Gasteiger partial charge in [0.25, 0.3) is 5.91 Å². The van der Waals surface area contributed by atoms with Gasteiger partial charge in [-0.1, -0.05) is 38.1 Å². The monoisotopic (exact) mass is 351 g/mol. The first kappa shape index (κ1) is 18.1. The molecule has 0 aromatic heterocycles. The lowest BCUT2D eigenvalue weighted by atomic mass is 10.0. The molecule has 0 spiro atoms. The van der Waals surface area contributed by atoms with E-state index < -0.39 is 0 Å². The Hall–Kier alpha value is -2.75. The van der Waals surface area contributed by atoms with Gasteiger partial charge in [-0.25, -0.2) is 0 Å². The number of carbonyl (C=O) groups excluding carboxylic acids is 1. The van der Waals surface area contributed by atoms with Gasteiger partial charge in [0, 0.05) is 18.2 Å². The van der Waals surface area contributed by atoms with Crippen molar-refractivity contribution in [2.75, 3.05) is 25.7 Å². The lowest BCUT2D eigenvalue weighted by Gasteiger charge is -2.12. The van der Waals surface area contributed by atoms with Gasteiger partial charge < -0.3 is 14.4 Å². The maximum absolute atomic E-state index is 12.6. The number of methoxy groups -OCH3 is 1. The van der Waals surface area contributed by atoms with Gasteiger partial charge in [-0.05, 0) is 42.2 Å². The van der Waals surface area contributed by atoms with Crippen LogP contribution in [-0.4, -0.2) is 26.7 Å². The highest BCUT2D eigenvalue weighted by molar-refractivity contribution is 6.35. The van der Waals surface area contributed by atoms with Crippen molar-refractivity contribution in [2.24, 2.45) is 5.92 Å². The molecule has 0 fully saturated rings. The van der Waals surface area contributed by atoms with Crippen molar-refractivity contribution in [3.63, 3.8) is 0 Å². The number of fused-ring (bicyclic) bond motifs is 1. The number of carbonyl (C=O) groups is 1. The van der Waals surface area contributed by atoms with E-state index in [1.54, 1.807) is 19.1 Å². The number of nitrogens with zero attached hydrogens (tertiary/aromatic N) is 1. The number of rotatable bonds is 6.